The van der Waals surface area contributed by atoms with E-state index < -0.39 is 0 Å². The zero-order chi connectivity index (χ0) is 45.0. The van der Waals surface area contributed by atoms with Crippen molar-refractivity contribution in [3.05, 3.63) is 249 Å². The maximum absolute atomic E-state index is 5.51. The number of thiophene rings is 1. The molecule has 0 spiro atoms. The molecule has 68 heavy (non-hydrogen) atoms. The molecule has 0 bridgehead atoms. The predicted molar refractivity (Wildman–Crippen MR) is 287 cm³/mol. The molecule has 0 radical (unpaired) electrons. The Bertz CT molecular complexity index is 3990. The molecule has 4 heterocycles. The molecule has 0 saturated carbocycles. The van der Waals surface area contributed by atoms with E-state index >= 15 is 0 Å². The predicted octanol–water partition coefficient (Wildman–Crippen LogP) is 17.6. The summed E-state index contributed by atoms with van der Waals surface area (Å²) in [5.41, 5.74) is 18.1. The molecule has 9 aromatic carbocycles. The molecule has 4 heteroatoms. The highest BCUT2D eigenvalue weighted by Gasteiger charge is 2.29. The fraction of sp³-hybridized carbons (Fsp3) is 0. The molecule has 0 N–H and O–H groups in total. The van der Waals surface area contributed by atoms with Crippen LogP contribution in [0.1, 0.15) is 0 Å². The fourth-order valence-electron chi connectivity index (χ4n) is 10.3. The van der Waals surface area contributed by atoms with Crippen molar-refractivity contribution in [3.8, 4) is 83.8 Å². The molecular formula is C64H41N3S. The summed E-state index contributed by atoms with van der Waals surface area (Å²) in [5.74, 6) is 0.841. The number of pyridine rings is 2. The van der Waals surface area contributed by atoms with Crippen LogP contribution in [0.2, 0.25) is 0 Å². The van der Waals surface area contributed by atoms with Gasteiger partial charge in [-0.05, 0) is 98.6 Å². The molecule has 0 saturated heterocycles. The van der Waals surface area contributed by atoms with E-state index in [1.807, 2.05) is 35.9 Å². The summed E-state index contributed by atoms with van der Waals surface area (Å²) in [5, 5.41) is 4.94. The van der Waals surface area contributed by atoms with E-state index in [2.05, 4.69) is 234 Å². The van der Waals surface area contributed by atoms with Gasteiger partial charge in [0, 0.05) is 65.6 Å². The number of aromatic nitrogens is 3. The molecule has 13 rings (SSSR count). The van der Waals surface area contributed by atoms with E-state index in [1.165, 1.54) is 53.4 Å². The molecule has 0 aliphatic rings. The third-order valence-electron chi connectivity index (χ3n) is 13.3. The lowest BCUT2D eigenvalue weighted by atomic mass is 9.80. The molecule has 4 aromatic heterocycles. The Morgan fingerprint density at radius 3 is 1.60 bits per heavy atom. The van der Waals surface area contributed by atoms with Crippen LogP contribution in [-0.4, -0.2) is 14.5 Å². The first-order valence-electron chi connectivity index (χ1n) is 23.1. The van der Waals surface area contributed by atoms with Crippen molar-refractivity contribution in [1.29, 1.82) is 0 Å². The van der Waals surface area contributed by atoms with Crippen molar-refractivity contribution >= 4 is 53.3 Å². The van der Waals surface area contributed by atoms with E-state index in [9.17, 15) is 0 Å². The number of nitrogens with zero attached hydrogens (tertiary/aromatic N) is 3. The quantitative estimate of drug-likeness (QED) is 0.152. The summed E-state index contributed by atoms with van der Waals surface area (Å²) in [6, 6.07) is 85.8. The number of hydrogen-bond donors (Lipinski definition) is 0. The van der Waals surface area contributed by atoms with Crippen LogP contribution in [0.4, 0.5) is 0 Å². The average Bonchev–Trinajstić information content (AvgIpc) is 3.97. The largest absolute Gasteiger partial charge is 0.293 e. The van der Waals surface area contributed by atoms with Crippen molar-refractivity contribution in [2.75, 3.05) is 0 Å². The van der Waals surface area contributed by atoms with Crippen molar-refractivity contribution in [2.45, 2.75) is 0 Å². The van der Waals surface area contributed by atoms with Gasteiger partial charge in [0.1, 0.15) is 5.82 Å². The zero-order valence-corrected chi connectivity index (χ0v) is 37.7. The lowest BCUT2D eigenvalue weighted by Gasteiger charge is -2.24. The summed E-state index contributed by atoms with van der Waals surface area (Å²) >= 11 is 1.87. The first-order valence-corrected chi connectivity index (χ1v) is 23.9. The van der Waals surface area contributed by atoms with Gasteiger partial charge in [0.15, 0.2) is 0 Å². The second-order valence-electron chi connectivity index (χ2n) is 17.2. The molecule has 3 nitrogen and oxygen atoms in total. The van der Waals surface area contributed by atoms with E-state index in [1.54, 1.807) is 0 Å². The number of fused-ring (bicyclic) bond motifs is 6. The van der Waals surface area contributed by atoms with Crippen LogP contribution in [0.3, 0.4) is 0 Å². The molecular weight excluding hydrogens is 843 g/mol. The normalized spacial score (nSPS) is 11.5. The van der Waals surface area contributed by atoms with Crippen LogP contribution < -0.4 is 0 Å². The first-order chi connectivity index (χ1) is 33.8. The standard InChI is InChI=1S/C64H41N3S/c1-5-18-43(19-6-1)58-59(44-20-7-2-8-21-44)61(46-24-11-4-12-25-46)63-62(60(58)45-22-9-3-10-23-45)53-41-48(34-35-55(53)67(63)57-33-17-31-54(66-57)42-36-38-65-39-37-42)47-26-15-27-49(40-47)50-29-16-30-52-51-28-13-14-32-56(51)68-64(50)52/h1-41H. The van der Waals surface area contributed by atoms with E-state index in [0.717, 1.165) is 72.4 Å². The second kappa shape index (κ2) is 16.6. The SMILES string of the molecule is c1ccc(-c2c(-c3ccccc3)c(-c3ccccc3)c3c(c2-c2ccccc2)c2cc(-c4cccc(-c5cccc6c5sc5ccccc56)c4)ccc2n3-c2cccc(-c3ccncc3)n2)cc1. The molecule has 318 valence electrons. The molecule has 0 aliphatic carbocycles. The maximum atomic E-state index is 5.51. The third kappa shape index (κ3) is 6.65. The van der Waals surface area contributed by atoms with Crippen molar-refractivity contribution < 1.29 is 0 Å². The van der Waals surface area contributed by atoms with Crippen molar-refractivity contribution in [2.24, 2.45) is 0 Å². The minimum absolute atomic E-state index is 0.841. The molecule has 0 fully saturated rings. The summed E-state index contributed by atoms with van der Waals surface area (Å²) in [6.07, 6.45) is 3.67. The number of hydrogen-bond acceptors (Lipinski definition) is 3. The van der Waals surface area contributed by atoms with E-state index in [4.69, 9.17) is 4.98 Å². The lowest BCUT2D eigenvalue weighted by molar-refractivity contribution is 1.08. The van der Waals surface area contributed by atoms with Gasteiger partial charge in [0.2, 0.25) is 0 Å². The van der Waals surface area contributed by atoms with Gasteiger partial charge in [0.25, 0.3) is 0 Å². The monoisotopic (exact) mass is 883 g/mol. The summed E-state index contributed by atoms with van der Waals surface area (Å²) in [4.78, 5) is 9.83. The van der Waals surface area contributed by atoms with Gasteiger partial charge in [-0.25, -0.2) is 4.98 Å². The molecule has 0 aliphatic heterocycles. The van der Waals surface area contributed by atoms with Crippen LogP contribution in [0, 0.1) is 0 Å². The molecule has 0 amide bonds. The minimum Gasteiger partial charge on any atom is -0.293 e. The molecule has 0 atom stereocenters. The van der Waals surface area contributed by atoms with Crippen molar-refractivity contribution in [3.63, 3.8) is 0 Å². The summed E-state index contributed by atoms with van der Waals surface area (Å²) in [7, 11) is 0. The van der Waals surface area contributed by atoms with Gasteiger partial charge >= 0.3 is 0 Å². The third-order valence-corrected chi connectivity index (χ3v) is 14.5. The van der Waals surface area contributed by atoms with Gasteiger partial charge in [-0.2, -0.15) is 0 Å². The molecule has 0 unspecified atom stereocenters. The average molecular weight is 884 g/mol. The summed E-state index contributed by atoms with van der Waals surface area (Å²) in [6.45, 7) is 0. The first kappa shape index (κ1) is 39.6. The smallest absolute Gasteiger partial charge is 0.138 e. The Labute approximate surface area is 398 Å². The lowest BCUT2D eigenvalue weighted by Crippen LogP contribution is -2.02. The van der Waals surface area contributed by atoms with Crippen LogP contribution in [0.25, 0.3) is 126 Å². The van der Waals surface area contributed by atoms with Gasteiger partial charge in [-0.3, -0.25) is 9.55 Å². The highest BCUT2D eigenvalue weighted by Crippen LogP contribution is 2.54. The fourth-order valence-corrected chi connectivity index (χ4v) is 11.6. The summed E-state index contributed by atoms with van der Waals surface area (Å²) < 4.78 is 5.05. The number of benzene rings is 9. The van der Waals surface area contributed by atoms with Crippen molar-refractivity contribution in [1.82, 2.24) is 14.5 Å². The van der Waals surface area contributed by atoms with Crippen LogP contribution >= 0.6 is 11.3 Å². The maximum Gasteiger partial charge on any atom is 0.138 e. The Morgan fingerprint density at radius 2 is 0.897 bits per heavy atom. The topological polar surface area (TPSA) is 30.7 Å². The zero-order valence-electron chi connectivity index (χ0n) is 36.9. The Hall–Kier alpha value is -8.70. The van der Waals surface area contributed by atoms with Crippen LogP contribution in [0.5, 0.6) is 0 Å². The Balaban J connectivity index is 1.18. The van der Waals surface area contributed by atoms with Gasteiger partial charge in [-0.1, -0.05) is 188 Å². The second-order valence-corrected chi connectivity index (χ2v) is 18.3. The van der Waals surface area contributed by atoms with E-state index in [-0.39, 0.29) is 0 Å². The Morgan fingerprint density at radius 1 is 0.353 bits per heavy atom. The van der Waals surface area contributed by atoms with Gasteiger partial charge in [0.05, 0.1) is 16.7 Å². The van der Waals surface area contributed by atoms with Crippen LogP contribution in [0.15, 0.2) is 249 Å². The molecule has 13 aromatic rings. The van der Waals surface area contributed by atoms with E-state index in [0.29, 0.717) is 0 Å². The minimum atomic E-state index is 0.841. The highest BCUT2D eigenvalue weighted by molar-refractivity contribution is 7.26. The van der Waals surface area contributed by atoms with Gasteiger partial charge < -0.3 is 0 Å². The van der Waals surface area contributed by atoms with Gasteiger partial charge in [-0.15, -0.1) is 11.3 Å². The Kier molecular flexibility index (Phi) is 9.69. The van der Waals surface area contributed by atoms with Crippen LogP contribution in [-0.2, 0) is 0 Å². The highest BCUT2D eigenvalue weighted by atomic mass is 32.1. The number of rotatable bonds is 8.